The molecule has 0 aliphatic carbocycles. The van der Waals surface area contributed by atoms with E-state index in [1.165, 1.54) is 6.08 Å². The molecule has 0 aliphatic heterocycles. The number of aromatic amines is 1. The molecule has 2 rings (SSSR count). The number of benzene rings is 1. The third kappa shape index (κ3) is 4.51. The van der Waals surface area contributed by atoms with Gasteiger partial charge in [0.2, 0.25) is 5.16 Å². The number of carboxylic acids is 1. The highest BCUT2D eigenvalue weighted by atomic mass is 79.9. The summed E-state index contributed by atoms with van der Waals surface area (Å²) in [5, 5.41) is 16.4. The van der Waals surface area contributed by atoms with Crippen molar-refractivity contribution in [2.45, 2.75) is 19.0 Å². The van der Waals surface area contributed by atoms with Gasteiger partial charge < -0.3 is 14.6 Å². The molecular weight excluding hydrogens is 398 g/mol. The number of ether oxygens (including phenoxy) is 2. The van der Waals surface area contributed by atoms with Crippen molar-refractivity contribution in [2.24, 2.45) is 0 Å². The average Bonchev–Trinajstić information content (AvgIpc) is 2.92. The molecule has 0 unspecified atom stereocenters. The lowest BCUT2D eigenvalue weighted by atomic mass is 10.2. The van der Waals surface area contributed by atoms with Gasteiger partial charge in [-0.15, -0.1) is 5.10 Å². The van der Waals surface area contributed by atoms with Gasteiger partial charge in [-0.2, -0.15) is 0 Å². The Hall–Kier alpha value is -2.00. The number of nitrogens with one attached hydrogen (secondary N) is 1. The van der Waals surface area contributed by atoms with Crippen molar-refractivity contribution in [3.63, 3.8) is 0 Å². The van der Waals surface area contributed by atoms with Crippen LogP contribution in [0.25, 0.3) is 6.08 Å². The molecule has 1 aromatic heterocycles. The zero-order chi connectivity index (χ0) is 17.7. The maximum absolute atomic E-state index is 11.5. The number of H-pyrrole nitrogens is 1. The van der Waals surface area contributed by atoms with Crippen LogP contribution in [-0.4, -0.2) is 40.0 Å². The molecule has 1 aromatic carbocycles. The molecule has 2 aromatic rings. The van der Waals surface area contributed by atoms with Crippen LogP contribution in [0.5, 0.6) is 11.5 Å². The van der Waals surface area contributed by atoms with Gasteiger partial charge in [0.25, 0.3) is 0 Å². The summed E-state index contributed by atoms with van der Waals surface area (Å²) < 4.78 is 11.5. The second kappa shape index (κ2) is 8.20. The molecule has 0 fully saturated rings. The molecule has 1 heterocycles. The summed E-state index contributed by atoms with van der Waals surface area (Å²) in [6.45, 7) is 4.07. The van der Waals surface area contributed by atoms with Gasteiger partial charge in [-0.05, 0) is 65.3 Å². The van der Waals surface area contributed by atoms with Crippen molar-refractivity contribution in [1.29, 1.82) is 0 Å². The van der Waals surface area contributed by atoms with Crippen molar-refractivity contribution in [3.05, 3.63) is 32.9 Å². The Morgan fingerprint density at radius 1 is 1.50 bits per heavy atom. The Kier molecular flexibility index (Phi) is 6.27. The topological polar surface area (TPSA) is 97.3 Å². The highest BCUT2D eigenvalue weighted by Crippen LogP contribution is 2.38. The largest absolute Gasteiger partial charge is 0.492 e. The number of aliphatic carboxylic acids is 1. The first-order chi connectivity index (χ1) is 11.4. The molecule has 0 atom stereocenters. The summed E-state index contributed by atoms with van der Waals surface area (Å²) in [5.74, 6) is 0.646. The predicted octanol–water partition coefficient (Wildman–Crippen LogP) is 3.50. The molecule has 128 valence electrons. The third-order valence-electron chi connectivity index (χ3n) is 2.82. The lowest BCUT2D eigenvalue weighted by Crippen LogP contribution is -1.99. The zero-order valence-electron chi connectivity index (χ0n) is 13.3. The summed E-state index contributed by atoms with van der Waals surface area (Å²) in [6, 6.07) is 3.48. The Morgan fingerprint density at radius 2 is 2.25 bits per heavy atom. The number of aryl methyl sites for hydroxylation is 1. The molecule has 24 heavy (non-hydrogen) atoms. The third-order valence-corrected chi connectivity index (χ3v) is 4.29. The smallest absolute Gasteiger partial charge is 0.342 e. The van der Waals surface area contributed by atoms with E-state index in [0.29, 0.717) is 39.1 Å². The standard InChI is InChI=1S/C15H16BrN3O4S/c1-4-23-11-6-9(5-10(16)13(11)22-3)7-12(14(20)21)24-15-17-8(2)18-19-15/h5-7H,4H2,1-3H3,(H,20,21)(H,17,18,19). The van der Waals surface area contributed by atoms with Crippen LogP contribution in [0.1, 0.15) is 18.3 Å². The summed E-state index contributed by atoms with van der Waals surface area (Å²) in [7, 11) is 1.54. The number of halogens is 1. The van der Waals surface area contributed by atoms with Crippen molar-refractivity contribution >= 4 is 39.7 Å². The van der Waals surface area contributed by atoms with Crippen LogP contribution in [0.4, 0.5) is 0 Å². The molecule has 2 N–H and O–H groups in total. The van der Waals surface area contributed by atoms with Crippen LogP contribution in [0.15, 0.2) is 26.7 Å². The minimum atomic E-state index is -1.06. The highest BCUT2D eigenvalue weighted by Gasteiger charge is 2.15. The van der Waals surface area contributed by atoms with Gasteiger partial charge in [0.15, 0.2) is 11.5 Å². The van der Waals surface area contributed by atoms with E-state index in [4.69, 9.17) is 9.47 Å². The van der Waals surface area contributed by atoms with Crippen molar-refractivity contribution in [3.8, 4) is 11.5 Å². The van der Waals surface area contributed by atoms with Gasteiger partial charge in [0, 0.05) is 0 Å². The van der Waals surface area contributed by atoms with Gasteiger partial charge in [-0.1, -0.05) is 0 Å². The number of hydrogen-bond acceptors (Lipinski definition) is 6. The van der Waals surface area contributed by atoms with Gasteiger partial charge in [-0.3, -0.25) is 5.10 Å². The van der Waals surface area contributed by atoms with Gasteiger partial charge in [0.05, 0.1) is 18.2 Å². The molecule has 9 heteroatoms. The van der Waals surface area contributed by atoms with Crippen LogP contribution in [0.2, 0.25) is 0 Å². The number of carboxylic acid groups (broad SMARTS) is 1. The Bertz CT molecular complexity index is 776. The van der Waals surface area contributed by atoms with E-state index < -0.39 is 5.97 Å². The summed E-state index contributed by atoms with van der Waals surface area (Å²) in [6.07, 6.45) is 1.53. The maximum atomic E-state index is 11.5. The van der Waals surface area contributed by atoms with E-state index in [0.717, 1.165) is 11.8 Å². The second-order valence-electron chi connectivity index (χ2n) is 4.59. The number of hydrogen-bond donors (Lipinski definition) is 2. The van der Waals surface area contributed by atoms with Gasteiger partial charge >= 0.3 is 5.97 Å². The number of rotatable bonds is 7. The molecule has 0 aliphatic rings. The molecule has 7 nitrogen and oxygen atoms in total. The Morgan fingerprint density at radius 3 is 2.79 bits per heavy atom. The molecule has 0 amide bonds. The van der Waals surface area contributed by atoms with Crippen LogP contribution in [0, 0.1) is 6.92 Å². The van der Waals surface area contributed by atoms with Crippen LogP contribution in [-0.2, 0) is 4.79 Å². The predicted molar refractivity (Wildman–Crippen MR) is 94.5 cm³/mol. The van der Waals surface area contributed by atoms with Crippen molar-refractivity contribution < 1.29 is 19.4 Å². The van der Waals surface area contributed by atoms with E-state index >= 15 is 0 Å². The summed E-state index contributed by atoms with van der Waals surface area (Å²) in [4.78, 5) is 15.7. The van der Waals surface area contributed by atoms with Crippen LogP contribution < -0.4 is 9.47 Å². The number of aromatic nitrogens is 3. The zero-order valence-corrected chi connectivity index (χ0v) is 15.7. The van der Waals surface area contributed by atoms with E-state index in [-0.39, 0.29) is 4.91 Å². The fraction of sp³-hybridized carbons (Fsp3) is 0.267. The van der Waals surface area contributed by atoms with Crippen LogP contribution >= 0.6 is 27.7 Å². The minimum absolute atomic E-state index is 0.0912. The first kappa shape index (κ1) is 18.3. The Balaban J connectivity index is 2.39. The fourth-order valence-corrected chi connectivity index (χ4v) is 3.26. The van der Waals surface area contributed by atoms with E-state index in [9.17, 15) is 9.90 Å². The minimum Gasteiger partial charge on any atom is -0.492 e. The molecule has 0 spiro atoms. The number of methoxy groups -OCH3 is 1. The quantitative estimate of drug-likeness (QED) is 0.529. The lowest BCUT2D eigenvalue weighted by molar-refractivity contribution is -0.131. The molecule has 0 saturated heterocycles. The monoisotopic (exact) mass is 413 g/mol. The second-order valence-corrected chi connectivity index (χ2v) is 6.45. The van der Waals surface area contributed by atoms with Crippen molar-refractivity contribution in [2.75, 3.05) is 13.7 Å². The lowest BCUT2D eigenvalue weighted by Gasteiger charge is -2.12. The van der Waals surface area contributed by atoms with E-state index in [2.05, 4.69) is 31.1 Å². The number of thioether (sulfide) groups is 1. The SMILES string of the molecule is CCOc1cc(C=C(Sc2n[nH]c(C)n2)C(=O)O)cc(Br)c1OC. The first-order valence-corrected chi connectivity index (χ1v) is 8.57. The average molecular weight is 414 g/mol. The first-order valence-electron chi connectivity index (χ1n) is 6.96. The number of carbonyl (C=O) groups is 1. The molecule has 0 bridgehead atoms. The van der Waals surface area contributed by atoms with Crippen LogP contribution in [0.3, 0.4) is 0 Å². The molecule has 0 saturated carbocycles. The van der Waals surface area contributed by atoms with E-state index in [1.807, 2.05) is 6.92 Å². The van der Waals surface area contributed by atoms with E-state index in [1.54, 1.807) is 26.2 Å². The van der Waals surface area contributed by atoms with Gasteiger partial charge in [-0.25, -0.2) is 9.78 Å². The summed E-state index contributed by atoms with van der Waals surface area (Å²) >= 11 is 4.38. The maximum Gasteiger partial charge on any atom is 0.342 e. The summed E-state index contributed by atoms with van der Waals surface area (Å²) in [5.41, 5.74) is 0.656. The van der Waals surface area contributed by atoms with Gasteiger partial charge in [0.1, 0.15) is 10.7 Å². The highest BCUT2D eigenvalue weighted by molar-refractivity contribution is 9.10. The molecule has 0 radical (unpaired) electrons. The number of nitrogens with zero attached hydrogens (tertiary/aromatic N) is 2. The fourth-order valence-electron chi connectivity index (χ4n) is 1.88. The molecular formula is C15H16BrN3O4S. The Labute approximate surface area is 151 Å². The van der Waals surface area contributed by atoms with Crippen molar-refractivity contribution in [1.82, 2.24) is 15.2 Å². The normalized spacial score (nSPS) is 11.4.